The molecule has 2 rings (SSSR count). The number of nitrogens with two attached hydrogens (primary N) is 1. The number of benzene rings is 2. The molecule has 0 aromatic heterocycles. The van der Waals surface area contributed by atoms with E-state index in [0.717, 1.165) is 16.1 Å². The zero-order valence-electron chi connectivity index (χ0n) is 8.28. The Morgan fingerprint density at radius 1 is 0.933 bits per heavy atom. The molecular weight excluding hydrogens is 206 g/mol. The van der Waals surface area contributed by atoms with Crippen molar-refractivity contribution in [1.29, 1.82) is 0 Å². The van der Waals surface area contributed by atoms with Gasteiger partial charge in [-0.1, -0.05) is 41.9 Å². The van der Waals surface area contributed by atoms with Crippen LogP contribution in [0.25, 0.3) is 11.1 Å². The Hall–Kier alpha value is -1.31. The fourth-order valence-electron chi connectivity index (χ4n) is 1.52. The van der Waals surface area contributed by atoms with E-state index >= 15 is 0 Å². The maximum absolute atomic E-state index is 5.84. The van der Waals surface area contributed by atoms with Gasteiger partial charge in [0.05, 0.1) is 0 Å². The smallest absolute Gasteiger partial charge is 0.0406 e. The highest BCUT2D eigenvalue weighted by Gasteiger charge is 1.98. The second-order valence-corrected chi connectivity index (χ2v) is 3.85. The van der Waals surface area contributed by atoms with Crippen LogP contribution in [0.3, 0.4) is 0 Å². The van der Waals surface area contributed by atoms with E-state index in [0.29, 0.717) is 6.54 Å². The van der Waals surface area contributed by atoms with Crippen molar-refractivity contribution in [2.24, 2.45) is 5.73 Å². The molecule has 1 nitrogen and oxygen atoms in total. The highest BCUT2D eigenvalue weighted by atomic mass is 35.5. The lowest BCUT2D eigenvalue weighted by Gasteiger charge is -2.03. The Kier molecular flexibility index (Phi) is 3.05. The molecule has 0 bridgehead atoms. The minimum Gasteiger partial charge on any atom is -0.326 e. The van der Waals surface area contributed by atoms with Crippen LogP contribution in [0.4, 0.5) is 0 Å². The summed E-state index contributed by atoms with van der Waals surface area (Å²) in [5.41, 5.74) is 9.08. The van der Waals surface area contributed by atoms with E-state index < -0.39 is 0 Å². The topological polar surface area (TPSA) is 26.0 Å². The number of halogens is 1. The second kappa shape index (κ2) is 4.47. The van der Waals surface area contributed by atoms with E-state index in [2.05, 4.69) is 12.1 Å². The van der Waals surface area contributed by atoms with Gasteiger partial charge in [-0.3, -0.25) is 0 Å². The van der Waals surface area contributed by atoms with Gasteiger partial charge in [0.25, 0.3) is 0 Å². The summed E-state index contributed by atoms with van der Waals surface area (Å²) in [5, 5.41) is 0.758. The summed E-state index contributed by atoms with van der Waals surface area (Å²) in [6, 6.07) is 16.0. The molecule has 0 aliphatic carbocycles. The van der Waals surface area contributed by atoms with Crippen LogP contribution in [0, 0.1) is 0 Å². The standard InChI is InChI=1S/C13H12ClN/c14-13-6-4-11(5-7-13)12-3-1-2-10(8-12)9-15/h1-8H,9,15H2. The quantitative estimate of drug-likeness (QED) is 0.819. The zero-order valence-corrected chi connectivity index (χ0v) is 9.04. The SMILES string of the molecule is NCc1cccc(-c2ccc(Cl)cc2)c1. The molecular formula is C13H12ClN. The van der Waals surface area contributed by atoms with Gasteiger partial charge in [-0.2, -0.15) is 0 Å². The Labute approximate surface area is 94.5 Å². The van der Waals surface area contributed by atoms with Crippen LogP contribution in [0.1, 0.15) is 5.56 Å². The van der Waals surface area contributed by atoms with Crippen molar-refractivity contribution in [3.05, 3.63) is 59.1 Å². The Morgan fingerprint density at radius 2 is 1.67 bits per heavy atom. The number of hydrogen-bond donors (Lipinski definition) is 1. The lowest BCUT2D eigenvalue weighted by molar-refractivity contribution is 1.07. The Balaban J connectivity index is 2.40. The largest absolute Gasteiger partial charge is 0.326 e. The second-order valence-electron chi connectivity index (χ2n) is 3.41. The first kappa shape index (κ1) is 10.2. The summed E-state index contributed by atoms with van der Waals surface area (Å²) in [7, 11) is 0. The predicted molar refractivity (Wildman–Crippen MR) is 64.8 cm³/mol. The van der Waals surface area contributed by atoms with E-state index in [1.165, 1.54) is 5.56 Å². The molecule has 0 saturated carbocycles. The fourth-order valence-corrected chi connectivity index (χ4v) is 1.65. The predicted octanol–water partition coefficient (Wildman–Crippen LogP) is 3.47. The average Bonchev–Trinajstić information content (AvgIpc) is 2.30. The summed E-state index contributed by atoms with van der Waals surface area (Å²) in [6.07, 6.45) is 0. The molecule has 76 valence electrons. The van der Waals surface area contributed by atoms with Crippen molar-refractivity contribution in [2.75, 3.05) is 0 Å². The minimum absolute atomic E-state index is 0.571. The molecule has 0 aliphatic rings. The maximum atomic E-state index is 5.84. The normalized spacial score (nSPS) is 10.3. The summed E-state index contributed by atoms with van der Waals surface area (Å²) < 4.78 is 0. The summed E-state index contributed by atoms with van der Waals surface area (Å²) >= 11 is 5.84. The Morgan fingerprint density at radius 3 is 2.33 bits per heavy atom. The molecule has 0 heterocycles. The van der Waals surface area contributed by atoms with Gasteiger partial charge in [0, 0.05) is 11.6 Å². The monoisotopic (exact) mass is 217 g/mol. The molecule has 0 amide bonds. The molecule has 2 heteroatoms. The molecule has 2 N–H and O–H groups in total. The molecule has 0 fully saturated rings. The van der Waals surface area contributed by atoms with Crippen molar-refractivity contribution in [2.45, 2.75) is 6.54 Å². The van der Waals surface area contributed by atoms with Crippen LogP contribution in [0.15, 0.2) is 48.5 Å². The molecule has 0 unspecified atom stereocenters. The first-order valence-corrected chi connectivity index (χ1v) is 5.22. The lowest BCUT2D eigenvalue weighted by atomic mass is 10.0. The van der Waals surface area contributed by atoms with Crippen molar-refractivity contribution in [3.63, 3.8) is 0 Å². The maximum Gasteiger partial charge on any atom is 0.0406 e. The van der Waals surface area contributed by atoms with Gasteiger partial charge < -0.3 is 5.73 Å². The molecule has 2 aromatic carbocycles. The van der Waals surface area contributed by atoms with E-state index in [-0.39, 0.29) is 0 Å². The Bertz CT molecular complexity index is 448. The first-order chi connectivity index (χ1) is 7.29. The van der Waals surface area contributed by atoms with Gasteiger partial charge in [0.15, 0.2) is 0 Å². The van der Waals surface area contributed by atoms with Gasteiger partial charge in [0.1, 0.15) is 0 Å². The van der Waals surface area contributed by atoms with Gasteiger partial charge in [-0.05, 0) is 34.9 Å². The van der Waals surface area contributed by atoms with Crippen molar-refractivity contribution >= 4 is 11.6 Å². The molecule has 0 spiro atoms. The zero-order chi connectivity index (χ0) is 10.7. The van der Waals surface area contributed by atoms with Gasteiger partial charge >= 0.3 is 0 Å². The van der Waals surface area contributed by atoms with Crippen LogP contribution < -0.4 is 5.73 Å². The minimum atomic E-state index is 0.571. The first-order valence-electron chi connectivity index (χ1n) is 4.84. The highest BCUT2D eigenvalue weighted by molar-refractivity contribution is 6.30. The molecule has 0 saturated heterocycles. The van der Waals surface area contributed by atoms with Crippen LogP contribution >= 0.6 is 11.6 Å². The third-order valence-corrected chi connectivity index (χ3v) is 2.59. The van der Waals surface area contributed by atoms with Gasteiger partial charge in [-0.15, -0.1) is 0 Å². The number of hydrogen-bond acceptors (Lipinski definition) is 1. The molecule has 0 aliphatic heterocycles. The van der Waals surface area contributed by atoms with Crippen molar-refractivity contribution in [3.8, 4) is 11.1 Å². The van der Waals surface area contributed by atoms with Crippen LogP contribution in [0.2, 0.25) is 5.02 Å². The summed E-state index contributed by atoms with van der Waals surface area (Å²) in [5.74, 6) is 0. The van der Waals surface area contributed by atoms with E-state index in [4.69, 9.17) is 17.3 Å². The van der Waals surface area contributed by atoms with E-state index in [1.807, 2.05) is 36.4 Å². The van der Waals surface area contributed by atoms with Crippen molar-refractivity contribution in [1.82, 2.24) is 0 Å². The fraction of sp³-hybridized carbons (Fsp3) is 0.0769. The third-order valence-electron chi connectivity index (χ3n) is 2.34. The van der Waals surface area contributed by atoms with Crippen molar-refractivity contribution < 1.29 is 0 Å². The van der Waals surface area contributed by atoms with E-state index in [9.17, 15) is 0 Å². The van der Waals surface area contributed by atoms with Gasteiger partial charge in [-0.25, -0.2) is 0 Å². The summed E-state index contributed by atoms with van der Waals surface area (Å²) in [4.78, 5) is 0. The molecule has 0 radical (unpaired) electrons. The average molecular weight is 218 g/mol. The molecule has 0 atom stereocenters. The molecule has 2 aromatic rings. The lowest BCUT2D eigenvalue weighted by Crippen LogP contribution is -1.95. The van der Waals surface area contributed by atoms with Crippen LogP contribution in [0.5, 0.6) is 0 Å². The van der Waals surface area contributed by atoms with Crippen LogP contribution in [-0.2, 0) is 6.54 Å². The molecule has 15 heavy (non-hydrogen) atoms. The summed E-state index contributed by atoms with van der Waals surface area (Å²) in [6.45, 7) is 0.571. The van der Waals surface area contributed by atoms with Gasteiger partial charge in [0.2, 0.25) is 0 Å². The number of rotatable bonds is 2. The third kappa shape index (κ3) is 2.38. The van der Waals surface area contributed by atoms with E-state index in [1.54, 1.807) is 0 Å². The highest BCUT2D eigenvalue weighted by Crippen LogP contribution is 2.22. The van der Waals surface area contributed by atoms with Crippen LogP contribution in [-0.4, -0.2) is 0 Å².